The van der Waals surface area contributed by atoms with E-state index in [0.29, 0.717) is 5.25 Å². The largest absolute Gasteiger partial charge is 0.332 e. The predicted octanol–water partition coefficient (Wildman–Crippen LogP) is 1.65. The van der Waals surface area contributed by atoms with Crippen molar-refractivity contribution in [3.8, 4) is 0 Å². The fourth-order valence-electron chi connectivity index (χ4n) is 1.21. The van der Waals surface area contributed by atoms with Gasteiger partial charge in [0.25, 0.3) is 0 Å². The van der Waals surface area contributed by atoms with Crippen molar-refractivity contribution in [1.29, 1.82) is 0 Å². The lowest BCUT2D eigenvalue weighted by Gasteiger charge is -2.13. The molecule has 0 saturated heterocycles. The van der Waals surface area contributed by atoms with Crippen molar-refractivity contribution >= 4 is 11.8 Å². The molecular weight excluding hydrogens is 182 g/mol. The van der Waals surface area contributed by atoms with E-state index in [1.807, 2.05) is 31.2 Å². The quantitative estimate of drug-likeness (QED) is 0.802. The smallest absolute Gasteiger partial charge is 0.0949 e. The number of aromatic nitrogens is 2. The molecule has 2 N–H and O–H groups in total. The molecule has 0 aliphatic heterocycles. The van der Waals surface area contributed by atoms with E-state index in [1.54, 1.807) is 0 Å². The van der Waals surface area contributed by atoms with Crippen LogP contribution < -0.4 is 5.73 Å². The fourth-order valence-corrected chi connectivity index (χ4v) is 1.52. The molecule has 0 amide bonds. The lowest BCUT2D eigenvalue weighted by atomic mass is 10.2. The summed E-state index contributed by atoms with van der Waals surface area (Å²) >= 11 is 1.85. The fraction of sp³-hybridized carbons (Fsp3) is 0.667. The molecule has 0 radical (unpaired) electrons. The maximum absolute atomic E-state index is 5.81. The normalized spacial score (nSPS) is 15.7. The second kappa shape index (κ2) is 4.67. The topological polar surface area (TPSA) is 43.8 Å². The minimum absolute atomic E-state index is 0.0663. The zero-order valence-corrected chi connectivity index (χ0v) is 9.21. The molecule has 74 valence electrons. The first-order chi connectivity index (χ1) is 6.15. The summed E-state index contributed by atoms with van der Waals surface area (Å²) in [6.45, 7) is 5.17. The highest BCUT2D eigenvalue weighted by Gasteiger charge is 2.08. The van der Waals surface area contributed by atoms with Crippen molar-refractivity contribution in [2.45, 2.75) is 31.7 Å². The molecule has 0 fully saturated rings. The van der Waals surface area contributed by atoms with Crippen LogP contribution in [-0.2, 0) is 6.54 Å². The lowest BCUT2D eigenvalue weighted by molar-refractivity contribution is 0.622. The van der Waals surface area contributed by atoms with Gasteiger partial charge in [-0.25, -0.2) is 4.98 Å². The number of nitrogens with zero attached hydrogens (tertiary/aromatic N) is 2. The van der Waals surface area contributed by atoms with Gasteiger partial charge in [-0.05, 0) is 13.2 Å². The first kappa shape index (κ1) is 10.6. The molecule has 13 heavy (non-hydrogen) atoms. The highest BCUT2D eigenvalue weighted by molar-refractivity contribution is 7.99. The summed E-state index contributed by atoms with van der Waals surface area (Å²) < 4.78 is 2.13. The van der Waals surface area contributed by atoms with Gasteiger partial charge in [0.15, 0.2) is 0 Å². The van der Waals surface area contributed by atoms with Crippen molar-refractivity contribution in [2.24, 2.45) is 5.73 Å². The van der Waals surface area contributed by atoms with Crippen molar-refractivity contribution in [1.82, 2.24) is 9.55 Å². The molecule has 0 aliphatic rings. The maximum Gasteiger partial charge on any atom is 0.0949 e. The third-order valence-electron chi connectivity index (χ3n) is 2.07. The molecule has 1 aromatic rings. The van der Waals surface area contributed by atoms with Crippen LogP contribution in [0.25, 0.3) is 0 Å². The van der Waals surface area contributed by atoms with Gasteiger partial charge in [-0.3, -0.25) is 0 Å². The molecule has 4 heteroatoms. The predicted molar refractivity (Wildman–Crippen MR) is 57.8 cm³/mol. The highest BCUT2D eigenvalue weighted by Crippen LogP contribution is 2.13. The molecule has 1 aromatic heterocycles. The first-order valence-corrected chi connectivity index (χ1v) is 5.72. The summed E-state index contributed by atoms with van der Waals surface area (Å²) in [5.41, 5.74) is 6.92. The Labute approximate surface area is 83.7 Å². The number of imidazole rings is 1. The number of rotatable bonds is 4. The molecule has 2 atom stereocenters. The first-order valence-electron chi connectivity index (χ1n) is 4.43. The minimum atomic E-state index is 0.0663. The van der Waals surface area contributed by atoms with E-state index in [1.165, 1.54) is 0 Å². The maximum atomic E-state index is 5.81. The van der Waals surface area contributed by atoms with Crippen LogP contribution in [0.3, 0.4) is 0 Å². The van der Waals surface area contributed by atoms with Gasteiger partial charge >= 0.3 is 0 Å². The van der Waals surface area contributed by atoms with E-state index < -0.39 is 0 Å². The number of thioether (sulfide) groups is 1. The third-order valence-corrected chi connectivity index (χ3v) is 3.02. The van der Waals surface area contributed by atoms with Gasteiger partial charge in [0, 0.05) is 24.0 Å². The number of nitrogens with two attached hydrogens (primary N) is 1. The monoisotopic (exact) mass is 199 g/mol. The van der Waals surface area contributed by atoms with Gasteiger partial charge in [0.05, 0.1) is 12.0 Å². The van der Waals surface area contributed by atoms with Crippen LogP contribution >= 0.6 is 11.8 Å². The molecule has 0 saturated carbocycles. The average Bonchev–Trinajstić information content (AvgIpc) is 2.52. The Hall–Kier alpha value is -0.480. The molecule has 0 aliphatic carbocycles. The zero-order chi connectivity index (χ0) is 9.84. The average molecular weight is 199 g/mol. The van der Waals surface area contributed by atoms with Gasteiger partial charge < -0.3 is 10.3 Å². The van der Waals surface area contributed by atoms with Gasteiger partial charge in [0.2, 0.25) is 0 Å². The van der Waals surface area contributed by atoms with Crippen LogP contribution in [0, 0.1) is 0 Å². The zero-order valence-electron chi connectivity index (χ0n) is 8.40. The van der Waals surface area contributed by atoms with Gasteiger partial charge in [-0.15, -0.1) is 0 Å². The summed E-state index contributed by atoms with van der Waals surface area (Å²) in [7, 11) is 0. The number of hydrogen-bond donors (Lipinski definition) is 1. The van der Waals surface area contributed by atoms with Gasteiger partial charge in [-0.2, -0.15) is 11.8 Å². The molecule has 0 aromatic carbocycles. The Morgan fingerprint density at radius 1 is 1.62 bits per heavy atom. The van der Waals surface area contributed by atoms with E-state index >= 15 is 0 Å². The Bertz CT molecular complexity index is 257. The Morgan fingerprint density at radius 3 is 2.85 bits per heavy atom. The van der Waals surface area contributed by atoms with Crippen LogP contribution in [0.4, 0.5) is 0 Å². The van der Waals surface area contributed by atoms with Crippen LogP contribution in [0.2, 0.25) is 0 Å². The SMILES string of the molecule is CSC(C)Cn1cncc1[C@H](C)N. The van der Waals surface area contributed by atoms with Crippen molar-refractivity contribution in [2.75, 3.05) is 6.26 Å². The second-order valence-corrected chi connectivity index (χ2v) is 4.58. The third kappa shape index (κ3) is 2.74. The van der Waals surface area contributed by atoms with Crippen molar-refractivity contribution in [3.05, 3.63) is 18.2 Å². The second-order valence-electron chi connectivity index (χ2n) is 3.31. The van der Waals surface area contributed by atoms with Crippen LogP contribution in [0.5, 0.6) is 0 Å². The Kier molecular flexibility index (Phi) is 3.81. The summed E-state index contributed by atoms with van der Waals surface area (Å²) in [5, 5.41) is 0.603. The van der Waals surface area contributed by atoms with Crippen molar-refractivity contribution < 1.29 is 0 Å². The van der Waals surface area contributed by atoms with Crippen LogP contribution in [0.15, 0.2) is 12.5 Å². The molecule has 0 bridgehead atoms. The number of hydrogen-bond acceptors (Lipinski definition) is 3. The van der Waals surface area contributed by atoms with Gasteiger partial charge in [0.1, 0.15) is 0 Å². The standard InChI is InChI=1S/C9H17N3S/c1-7(13-3)5-12-6-11-4-9(12)8(2)10/h4,6-8H,5,10H2,1-3H3/t7?,8-/m0/s1. The molecule has 1 unspecified atom stereocenters. The lowest BCUT2D eigenvalue weighted by Crippen LogP contribution is -2.15. The molecule has 0 spiro atoms. The Morgan fingerprint density at radius 2 is 2.31 bits per heavy atom. The highest BCUT2D eigenvalue weighted by atomic mass is 32.2. The minimum Gasteiger partial charge on any atom is -0.332 e. The van der Waals surface area contributed by atoms with Gasteiger partial charge in [-0.1, -0.05) is 6.92 Å². The van der Waals surface area contributed by atoms with E-state index in [2.05, 4.69) is 22.7 Å². The Balaban J connectivity index is 2.70. The summed E-state index contributed by atoms with van der Waals surface area (Å²) in [6, 6.07) is 0.0663. The summed E-state index contributed by atoms with van der Waals surface area (Å²) in [4.78, 5) is 4.10. The van der Waals surface area contributed by atoms with Crippen LogP contribution in [0.1, 0.15) is 25.6 Å². The van der Waals surface area contributed by atoms with Crippen molar-refractivity contribution in [3.63, 3.8) is 0 Å². The van der Waals surface area contributed by atoms with E-state index in [4.69, 9.17) is 5.73 Å². The molecule has 1 rings (SSSR count). The molecular formula is C9H17N3S. The molecule has 3 nitrogen and oxygen atoms in total. The molecule has 1 heterocycles. The summed E-state index contributed by atoms with van der Waals surface area (Å²) in [6.07, 6.45) is 5.82. The van der Waals surface area contributed by atoms with E-state index in [0.717, 1.165) is 12.2 Å². The van der Waals surface area contributed by atoms with Crippen LogP contribution in [-0.4, -0.2) is 21.1 Å². The van der Waals surface area contributed by atoms with E-state index in [-0.39, 0.29) is 6.04 Å². The van der Waals surface area contributed by atoms with E-state index in [9.17, 15) is 0 Å². The summed E-state index contributed by atoms with van der Waals surface area (Å²) in [5.74, 6) is 0.